The molecule has 6 heteroatoms. The Kier molecular flexibility index (Phi) is 5.93. The fraction of sp³-hybridized carbons (Fsp3) is 0.500. The van der Waals surface area contributed by atoms with Crippen molar-refractivity contribution in [2.75, 3.05) is 18.9 Å². The van der Waals surface area contributed by atoms with E-state index in [-0.39, 0.29) is 6.03 Å². The van der Waals surface area contributed by atoms with E-state index in [1.54, 1.807) is 11.9 Å². The first-order chi connectivity index (χ1) is 12.5. The van der Waals surface area contributed by atoms with Gasteiger partial charge in [-0.1, -0.05) is 23.7 Å². The molecule has 0 bridgehead atoms. The van der Waals surface area contributed by atoms with Crippen LogP contribution in [0.4, 0.5) is 10.5 Å². The lowest BCUT2D eigenvalue weighted by Crippen LogP contribution is -2.36. The molecule has 0 radical (unpaired) electrons. The van der Waals surface area contributed by atoms with Gasteiger partial charge in [-0.05, 0) is 50.9 Å². The molecule has 1 fully saturated rings. The number of nitrogens with one attached hydrogen (secondary N) is 1. The standard InChI is InChI=1S/C20H28N4O2/c1-15-11-19(26-22-15)14-23(3)20(25)21-18-9-6-8-17(12-18)13-24-10-5-4-7-16(24)2/h6,8-9,11-12,16H,4-5,7,10,13-14H2,1-3H3,(H,21,25). The fourth-order valence-electron chi connectivity index (χ4n) is 3.39. The van der Waals surface area contributed by atoms with Gasteiger partial charge in [0.25, 0.3) is 0 Å². The molecule has 0 aliphatic carbocycles. The van der Waals surface area contributed by atoms with Gasteiger partial charge in [0.05, 0.1) is 12.2 Å². The van der Waals surface area contributed by atoms with Gasteiger partial charge in [0.1, 0.15) is 0 Å². The maximum Gasteiger partial charge on any atom is 0.321 e. The number of carbonyl (C=O) groups is 1. The number of benzene rings is 1. The lowest BCUT2D eigenvalue weighted by atomic mass is 10.0. The Morgan fingerprint density at radius 1 is 1.38 bits per heavy atom. The molecule has 140 valence electrons. The van der Waals surface area contributed by atoms with Gasteiger partial charge in [0, 0.05) is 31.4 Å². The van der Waals surface area contributed by atoms with Crippen molar-refractivity contribution in [1.82, 2.24) is 15.0 Å². The average molecular weight is 356 g/mol. The van der Waals surface area contributed by atoms with E-state index in [4.69, 9.17) is 4.52 Å². The molecular formula is C20H28N4O2. The molecule has 2 aromatic rings. The van der Waals surface area contributed by atoms with Crippen LogP contribution in [0, 0.1) is 6.92 Å². The van der Waals surface area contributed by atoms with Gasteiger partial charge in [0.15, 0.2) is 5.76 Å². The third-order valence-electron chi connectivity index (χ3n) is 4.92. The molecule has 1 aliphatic rings. The summed E-state index contributed by atoms with van der Waals surface area (Å²) in [5.41, 5.74) is 2.86. The Morgan fingerprint density at radius 2 is 2.23 bits per heavy atom. The Morgan fingerprint density at radius 3 is 2.96 bits per heavy atom. The monoisotopic (exact) mass is 356 g/mol. The number of urea groups is 1. The number of aryl methyl sites for hydroxylation is 1. The minimum atomic E-state index is -0.164. The molecule has 6 nitrogen and oxygen atoms in total. The second kappa shape index (κ2) is 8.36. The SMILES string of the molecule is Cc1cc(CN(C)C(=O)Nc2cccc(CN3CCCCC3C)c2)on1. The molecular weight excluding hydrogens is 328 g/mol. The summed E-state index contributed by atoms with van der Waals surface area (Å²) in [6, 6.07) is 10.4. The number of likely N-dealkylation sites (tertiary alicyclic amines) is 1. The predicted octanol–water partition coefficient (Wildman–Crippen LogP) is 4.02. The molecule has 1 aliphatic heterocycles. The normalized spacial score (nSPS) is 17.9. The molecule has 0 spiro atoms. The number of rotatable bonds is 5. The van der Waals surface area contributed by atoms with Gasteiger partial charge in [-0.25, -0.2) is 4.79 Å². The van der Waals surface area contributed by atoms with Crippen LogP contribution in [-0.4, -0.2) is 40.6 Å². The van der Waals surface area contributed by atoms with Gasteiger partial charge in [-0.2, -0.15) is 0 Å². The van der Waals surface area contributed by atoms with E-state index < -0.39 is 0 Å². The van der Waals surface area contributed by atoms with E-state index in [2.05, 4.69) is 34.4 Å². The van der Waals surface area contributed by atoms with Crippen LogP contribution in [0.2, 0.25) is 0 Å². The number of carbonyl (C=O) groups excluding carboxylic acids is 1. The van der Waals surface area contributed by atoms with Crippen LogP contribution in [0.1, 0.15) is 43.2 Å². The highest BCUT2D eigenvalue weighted by molar-refractivity contribution is 5.89. The van der Waals surface area contributed by atoms with Crippen LogP contribution >= 0.6 is 0 Å². The zero-order chi connectivity index (χ0) is 18.5. The lowest BCUT2D eigenvalue weighted by molar-refractivity contribution is 0.152. The third-order valence-corrected chi connectivity index (χ3v) is 4.92. The van der Waals surface area contributed by atoms with E-state index in [1.807, 2.05) is 25.1 Å². The molecule has 1 N–H and O–H groups in total. The van der Waals surface area contributed by atoms with E-state index in [9.17, 15) is 4.79 Å². The van der Waals surface area contributed by atoms with Gasteiger partial charge in [0.2, 0.25) is 0 Å². The van der Waals surface area contributed by atoms with Crippen LogP contribution in [0.25, 0.3) is 0 Å². The van der Waals surface area contributed by atoms with Crippen molar-refractivity contribution in [2.45, 2.75) is 52.2 Å². The summed E-state index contributed by atoms with van der Waals surface area (Å²) in [7, 11) is 1.74. The molecule has 26 heavy (non-hydrogen) atoms. The molecule has 1 saturated heterocycles. The van der Waals surface area contributed by atoms with E-state index >= 15 is 0 Å². The van der Waals surface area contributed by atoms with Gasteiger partial charge < -0.3 is 14.7 Å². The Bertz CT molecular complexity index is 743. The number of anilines is 1. The maximum atomic E-state index is 12.4. The second-order valence-corrected chi connectivity index (χ2v) is 7.24. The summed E-state index contributed by atoms with van der Waals surface area (Å²) in [6.07, 6.45) is 3.86. The molecule has 1 aromatic carbocycles. The largest absolute Gasteiger partial charge is 0.359 e. The summed E-state index contributed by atoms with van der Waals surface area (Å²) >= 11 is 0. The highest BCUT2D eigenvalue weighted by Gasteiger charge is 2.18. The first-order valence-electron chi connectivity index (χ1n) is 9.28. The van der Waals surface area contributed by atoms with Crippen LogP contribution in [0.5, 0.6) is 0 Å². The summed E-state index contributed by atoms with van der Waals surface area (Å²) in [4.78, 5) is 16.5. The van der Waals surface area contributed by atoms with Gasteiger partial charge in [-0.3, -0.25) is 4.90 Å². The average Bonchev–Trinajstić information content (AvgIpc) is 3.02. The molecule has 2 heterocycles. The minimum absolute atomic E-state index is 0.164. The Labute approximate surface area is 155 Å². The number of hydrogen-bond donors (Lipinski definition) is 1. The van der Waals surface area contributed by atoms with Crippen LogP contribution in [0.15, 0.2) is 34.9 Å². The Balaban J connectivity index is 1.58. The van der Waals surface area contributed by atoms with Crippen LogP contribution in [0.3, 0.4) is 0 Å². The summed E-state index contributed by atoms with van der Waals surface area (Å²) < 4.78 is 5.17. The molecule has 1 aromatic heterocycles. The smallest absolute Gasteiger partial charge is 0.321 e. The third kappa shape index (κ3) is 4.85. The second-order valence-electron chi connectivity index (χ2n) is 7.24. The highest BCUT2D eigenvalue weighted by Crippen LogP contribution is 2.20. The minimum Gasteiger partial charge on any atom is -0.359 e. The van der Waals surface area contributed by atoms with Crippen LogP contribution < -0.4 is 5.32 Å². The zero-order valence-electron chi connectivity index (χ0n) is 15.9. The first-order valence-corrected chi connectivity index (χ1v) is 9.28. The quantitative estimate of drug-likeness (QED) is 0.879. The molecule has 2 amide bonds. The predicted molar refractivity (Wildman–Crippen MR) is 102 cm³/mol. The van der Waals surface area contributed by atoms with Crippen molar-refractivity contribution in [1.29, 1.82) is 0 Å². The van der Waals surface area contributed by atoms with Crippen molar-refractivity contribution >= 4 is 11.7 Å². The van der Waals surface area contributed by atoms with E-state index in [0.717, 1.165) is 24.5 Å². The van der Waals surface area contributed by atoms with E-state index in [0.29, 0.717) is 18.3 Å². The maximum absolute atomic E-state index is 12.4. The number of aromatic nitrogens is 1. The zero-order valence-corrected chi connectivity index (χ0v) is 15.9. The lowest BCUT2D eigenvalue weighted by Gasteiger charge is -2.33. The molecule has 1 unspecified atom stereocenters. The Hall–Kier alpha value is -2.34. The number of nitrogens with zero attached hydrogens (tertiary/aromatic N) is 3. The summed E-state index contributed by atoms with van der Waals surface area (Å²) in [5.74, 6) is 0.674. The van der Waals surface area contributed by atoms with Crippen LogP contribution in [-0.2, 0) is 13.1 Å². The number of piperidine rings is 1. The summed E-state index contributed by atoms with van der Waals surface area (Å²) in [5, 5.41) is 6.81. The topological polar surface area (TPSA) is 61.6 Å². The van der Waals surface area contributed by atoms with Crippen molar-refractivity contribution in [3.05, 3.63) is 47.3 Å². The first kappa shape index (κ1) is 18.5. The van der Waals surface area contributed by atoms with Crippen molar-refractivity contribution in [3.63, 3.8) is 0 Å². The molecule has 0 saturated carbocycles. The number of amides is 2. The van der Waals surface area contributed by atoms with Crippen molar-refractivity contribution in [3.8, 4) is 0 Å². The highest BCUT2D eigenvalue weighted by atomic mass is 16.5. The summed E-state index contributed by atoms with van der Waals surface area (Å²) in [6.45, 7) is 6.62. The van der Waals surface area contributed by atoms with Gasteiger partial charge in [-0.15, -0.1) is 0 Å². The molecule has 3 rings (SSSR count). The number of hydrogen-bond acceptors (Lipinski definition) is 4. The van der Waals surface area contributed by atoms with Crippen molar-refractivity contribution in [2.24, 2.45) is 0 Å². The molecule has 1 atom stereocenters. The van der Waals surface area contributed by atoms with Gasteiger partial charge >= 0.3 is 6.03 Å². The van der Waals surface area contributed by atoms with Crippen molar-refractivity contribution < 1.29 is 9.32 Å². The van der Waals surface area contributed by atoms with E-state index in [1.165, 1.54) is 24.8 Å². The fourth-order valence-corrected chi connectivity index (χ4v) is 3.39.